The molecular formula is C10H10AlClN4O. The van der Waals surface area contributed by atoms with Crippen LogP contribution in [0.15, 0.2) is 6.33 Å². The van der Waals surface area contributed by atoms with Gasteiger partial charge in [-0.05, 0) is 35.4 Å². The lowest BCUT2D eigenvalue weighted by Crippen LogP contribution is -2.19. The summed E-state index contributed by atoms with van der Waals surface area (Å²) in [5, 5.41) is 0.236. The van der Waals surface area contributed by atoms with E-state index in [-0.39, 0.29) is 11.5 Å². The molecule has 5 nitrogen and oxygen atoms in total. The Morgan fingerprint density at radius 3 is 3.06 bits per heavy atom. The van der Waals surface area contributed by atoms with Crippen molar-refractivity contribution >= 4 is 43.6 Å². The van der Waals surface area contributed by atoms with Crippen molar-refractivity contribution < 1.29 is 4.74 Å². The third-order valence-corrected chi connectivity index (χ3v) is 3.46. The summed E-state index contributed by atoms with van der Waals surface area (Å²) in [5.41, 5.74) is 1.50. The van der Waals surface area contributed by atoms with E-state index in [4.69, 9.17) is 16.3 Å². The number of imidazole rings is 1. The highest BCUT2D eigenvalue weighted by molar-refractivity contribution is 6.37. The lowest BCUT2D eigenvalue weighted by molar-refractivity contribution is -0.0298. The molecule has 0 bridgehead atoms. The predicted octanol–water partition coefficient (Wildman–Crippen LogP) is 0.973. The molecule has 2 radical (unpaired) electrons. The lowest BCUT2D eigenvalue weighted by atomic mass is 10.2. The highest BCUT2D eigenvalue weighted by Gasteiger charge is 2.19. The van der Waals surface area contributed by atoms with Gasteiger partial charge in [-0.1, -0.05) is 0 Å². The van der Waals surface area contributed by atoms with E-state index in [1.165, 1.54) is 0 Å². The van der Waals surface area contributed by atoms with E-state index >= 15 is 0 Å². The maximum Gasteiger partial charge on any atom is 0.223 e. The molecule has 2 aromatic heterocycles. The minimum atomic E-state index is 0.0177. The Morgan fingerprint density at radius 1 is 1.41 bits per heavy atom. The van der Waals surface area contributed by atoms with Crippen LogP contribution in [0.25, 0.3) is 11.2 Å². The number of halogens is 1. The summed E-state index contributed by atoms with van der Waals surface area (Å²) >= 11 is 8.40. The number of hydrogen-bond acceptors (Lipinski definition) is 4. The van der Waals surface area contributed by atoms with Crippen LogP contribution in [0.4, 0.5) is 0 Å². The van der Waals surface area contributed by atoms with Crippen molar-refractivity contribution in [2.75, 3.05) is 6.61 Å². The smallest absolute Gasteiger partial charge is 0.223 e. The van der Waals surface area contributed by atoms with Crippen molar-refractivity contribution in [3.63, 3.8) is 0 Å². The zero-order chi connectivity index (χ0) is 11.8. The minimum Gasteiger partial charge on any atom is -0.358 e. The monoisotopic (exact) mass is 264 g/mol. The van der Waals surface area contributed by atoms with E-state index in [2.05, 4.69) is 31.2 Å². The third-order valence-electron chi connectivity index (χ3n) is 2.89. The fraction of sp³-hybridized carbons (Fsp3) is 0.500. The van der Waals surface area contributed by atoms with Gasteiger partial charge in [-0.2, -0.15) is 4.98 Å². The maximum atomic E-state index is 5.87. The zero-order valence-corrected chi connectivity index (χ0v) is 11.0. The number of fused-ring (bicyclic) bond motifs is 1. The van der Waals surface area contributed by atoms with Gasteiger partial charge in [0.15, 0.2) is 5.65 Å². The predicted molar refractivity (Wildman–Crippen MR) is 64.6 cm³/mol. The largest absolute Gasteiger partial charge is 0.358 e. The van der Waals surface area contributed by atoms with E-state index in [0.29, 0.717) is 0 Å². The number of aromatic nitrogens is 4. The van der Waals surface area contributed by atoms with Crippen molar-refractivity contribution in [2.24, 2.45) is 0 Å². The van der Waals surface area contributed by atoms with Crippen LogP contribution in [0.5, 0.6) is 0 Å². The highest BCUT2D eigenvalue weighted by Crippen LogP contribution is 2.25. The van der Waals surface area contributed by atoms with E-state index < -0.39 is 0 Å². The second-order valence-electron chi connectivity index (χ2n) is 4.02. The second-order valence-corrected chi connectivity index (χ2v) is 4.91. The molecule has 0 saturated carbocycles. The van der Waals surface area contributed by atoms with Gasteiger partial charge in [0.2, 0.25) is 21.6 Å². The Balaban J connectivity index is 2.10. The zero-order valence-electron chi connectivity index (χ0n) is 9.14. The van der Waals surface area contributed by atoms with Crippen LogP contribution in [0, 0.1) is 0 Å². The summed E-state index contributed by atoms with van der Waals surface area (Å²) in [6.07, 6.45) is 5.03. The summed E-state index contributed by atoms with van der Waals surface area (Å²) in [4.78, 5) is 12.6. The van der Waals surface area contributed by atoms with Crippen LogP contribution < -0.4 is 4.56 Å². The summed E-state index contributed by atoms with van der Waals surface area (Å²) in [6.45, 7) is 0.789. The fourth-order valence-corrected chi connectivity index (χ4v) is 2.64. The molecule has 3 heterocycles. The minimum absolute atomic E-state index is 0.0177. The molecule has 86 valence electrons. The molecule has 0 amide bonds. The average Bonchev–Trinajstić information content (AvgIpc) is 2.74. The summed E-state index contributed by atoms with van der Waals surface area (Å²) in [5.74, 6) is 0. The molecule has 17 heavy (non-hydrogen) atoms. The van der Waals surface area contributed by atoms with Gasteiger partial charge in [-0.3, -0.25) is 4.57 Å². The van der Waals surface area contributed by atoms with Crippen LogP contribution in [-0.2, 0) is 4.74 Å². The van der Waals surface area contributed by atoms with Crippen molar-refractivity contribution in [3.05, 3.63) is 11.6 Å². The molecule has 2 aromatic rings. The first-order chi connectivity index (χ1) is 8.25. The van der Waals surface area contributed by atoms with Crippen molar-refractivity contribution in [2.45, 2.75) is 25.5 Å². The van der Waals surface area contributed by atoms with Crippen LogP contribution >= 0.6 is 11.6 Å². The Hall–Kier alpha value is -0.668. The van der Waals surface area contributed by atoms with Gasteiger partial charge in [0, 0.05) is 6.61 Å². The molecule has 7 heteroatoms. The molecule has 1 unspecified atom stereocenters. The molecule has 1 atom stereocenters. The molecular weight excluding hydrogens is 255 g/mol. The lowest BCUT2D eigenvalue weighted by Gasteiger charge is -2.23. The quantitative estimate of drug-likeness (QED) is 0.569. The molecule has 0 aromatic carbocycles. The normalized spacial score (nSPS) is 20.9. The number of ether oxygens (including phenoxy) is 1. The van der Waals surface area contributed by atoms with Gasteiger partial charge in [0.05, 0.1) is 6.33 Å². The van der Waals surface area contributed by atoms with E-state index in [1.807, 2.05) is 4.57 Å². The van der Waals surface area contributed by atoms with E-state index in [9.17, 15) is 0 Å². The van der Waals surface area contributed by atoms with Gasteiger partial charge < -0.3 is 4.74 Å². The van der Waals surface area contributed by atoms with E-state index in [1.54, 1.807) is 6.33 Å². The topological polar surface area (TPSA) is 52.8 Å². The summed E-state index contributed by atoms with van der Waals surface area (Å²) < 4.78 is 8.38. The van der Waals surface area contributed by atoms with Crippen LogP contribution in [0.1, 0.15) is 25.5 Å². The number of nitrogens with zero attached hydrogens (tertiary/aromatic N) is 4. The molecule has 0 N–H and O–H groups in total. The van der Waals surface area contributed by atoms with Crippen molar-refractivity contribution in [3.8, 4) is 0 Å². The van der Waals surface area contributed by atoms with Crippen LogP contribution in [0.2, 0.25) is 5.28 Å². The van der Waals surface area contributed by atoms with Gasteiger partial charge in [0.25, 0.3) is 0 Å². The second kappa shape index (κ2) is 4.54. The molecule has 1 aliphatic rings. The van der Waals surface area contributed by atoms with Gasteiger partial charge in [-0.15, -0.1) is 0 Å². The van der Waals surface area contributed by atoms with Gasteiger partial charge in [-0.25, -0.2) is 9.97 Å². The standard InChI is InChI=1S/C10H10ClN4O.Al/c11-10-12-5-7-9(14-10)15(6-13-7)8-3-1-2-4-16-8;/h6,8H,1-4H2;. The first kappa shape index (κ1) is 11.4. The molecule has 1 saturated heterocycles. The van der Waals surface area contributed by atoms with Gasteiger partial charge in [0.1, 0.15) is 11.7 Å². The Labute approximate surface area is 112 Å². The van der Waals surface area contributed by atoms with Crippen molar-refractivity contribution in [1.82, 2.24) is 19.5 Å². The van der Waals surface area contributed by atoms with Crippen LogP contribution in [-0.4, -0.2) is 42.4 Å². The SMILES string of the molecule is [Al][c]1nc(Cl)nc2c1ncn2C1CCCCO1. The summed E-state index contributed by atoms with van der Waals surface area (Å²) in [7, 11) is 0. The van der Waals surface area contributed by atoms with Crippen LogP contribution in [0.3, 0.4) is 0 Å². The summed E-state index contributed by atoms with van der Waals surface area (Å²) in [6, 6.07) is 0. The highest BCUT2D eigenvalue weighted by atomic mass is 35.5. The Kier molecular flexibility index (Phi) is 3.05. The molecule has 1 aliphatic heterocycles. The molecule has 0 aliphatic carbocycles. The maximum absolute atomic E-state index is 5.87. The first-order valence-electron chi connectivity index (χ1n) is 5.53. The average molecular weight is 265 g/mol. The fourth-order valence-electron chi connectivity index (χ4n) is 2.06. The third kappa shape index (κ3) is 2.06. The van der Waals surface area contributed by atoms with Crippen molar-refractivity contribution in [1.29, 1.82) is 0 Å². The van der Waals surface area contributed by atoms with Gasteiger partial charge >= 0.3 is 0 Å². The number of rotatable bonds is 1. The Bertz CT molecular complexity index is 552. The number of hydrogen-bond donors (Lipinski definition) is 0. The molecule has 1 fully saturated rings. The van der Waals surface area contributed by atoms with E-state index in [0.717, 1.165) is 41.6 Å². The first-order valence-corrected chi connectivity index (χ1v) is 6.48. The molecule has 0 spiro atoms. The Morgan fingerprint density at radius 2 is 2.29 bits per heavy atom. The molecule has 3 rings (SSSR count).